The third kappa shape index (κ3) is 9.73. The van der Waals surface area contributed by atoms with Crippen LogP contribution in [-0.4, -0.2) is 52.4 Å². The minimum atomic E-state index is 0.0591. The van der Waals surface area contributed by atoms with E-state index < -0.39 is 0 Å². The summed E-state index contributed by atoms with van der Waals surface area (Å²) in [5, 5.41) is 0. The number of aryl methyl sites for hydroxylation is 1. The first-order chi connectivity index (χ1) is 15.8. The quantitative estimate of drug-likeness (QED) is 0.186. The molecule has 174 valence electrons. The van der Waals surface area contributed by atoms with Crippen molar-refractivity contribution in [3.8, 4) is 5.75 Å². The van der Waals surface area contributed by atoms with Gasteiger partial charge in [-0.15, -0.1) is 0 Å². The van der Waals surface area contributed by atoms with E-state index in [1.165, 1.54) is 5.56 Å². The molecule has 0 radical (unpaired) electrons. The molecule has 0 aliphatic rings. The number of rotatable bonds is 18. The van der Waals surface area contributed by atoms with Gasteiger partial charge in [-0.3, -0.25) is 9.59 Å². The number of hydrogen-bond acceptors (Lipinski definition) is 6. The van der Waals surface area contributed by atoms with Crippen LogP contribution in [0.2, 0.25) is 0 Å². The van der Waals surface area contributed by atoms with Crippen LogP contribution < -0.4 is 4.74 Å². The highest BCUT2D eigenvalue weighted by Gasteiger charge is 2.12. The summed E-state index contributed by atoms with van der Waals surface area (Å²) >= 11 is 0. The first kappa shape index (κ1) is 25.7. The van der Waals surface area contributed by atoms with Gasteiger partial charge in [0.25, 0.3) is 0 Å². The van der Waals surface area contributed by atoms with Gasteiger partial charge in [-0.2, -0.15) is 0 Å². The summed E-state index contributed by atoms with van der Waals surface area (Å²) in [6.45, 7) is 1.67. The van der Waals surface area contributed by atoms with E-state index in [1.54, 1.807) is 25.3 Å². The minimum Gasteiger partial charge on any atom is -0.492 e. The number of aldehydes is 2. The first-order valence-electron chi connectivity index (χ1n) is 11.2. The van der Waals surface area contributed by atoms with Crippen LogP contribution in [0, 0.1) is 0 Å². The van der Waals surface area contributed by atoms with Crippen LogP contribution >= 0.6 is 0 Å². The van der Waals surface area contributed by atoms with Crippen LogP contribution in [0.15, 0.2) is 48.5 Å². The van der Waals surface area contributed by atoms with Crippen molar-refractivity contribution >= 4 is 12.6 Å². The third-order valence-electron chi connectivity index (χ3n) is 5.15. The Morgan fingerprint density at radius 2 is 1.53 bits per heavy atom. The molecule has 0 aliphatic carbocycles. The summed E-state index contributed by atoms with van der Waals surface area (Å²) in [7, 11) is 1.64. The Kier molecular flexibility index (Phi) is 13.0. The molecule has 0 aliphatic heterocycles. The van der Waals surface area contributed by atoms with Gasteiger partial charge < -0.3 is 18.9 Å². The van der Waals surface area contributed by atoms with E-state index in [0.29, 0.717) is 49.3 Å². The minimum absolute atomic E-state index is 0.0591. The predicted octanol–water partition coefficient (Wildman–Crippen LogP) is 4.89. The first-order valence-corrected chi connectivity index (χ1v) is 11.2. The molecule has 2 rings (SSSR count). The zero-order valence-electron chi connectivity index (χ0n) is 18.9. The number of benzene rings is 2. The largest absolute Gasteiger partial charge is 0.492 e. The number of unbranched alkanes of at least 4 members (excludes halogenated alkanes) is 1. The van der Waals surface area contributed by atoms with Crippen LogP contribution in [0.4, 0.5) is 0 Å². The van der Waals surface area contributed by atoms with Crippen LogP contribution in [0.1, 0.15) is 58.4 Å². The van der Waals surface area contributed by atoms with Gasteiger partial charge in [-0.05, 0) is 49.8 Å². The lowest BCUT2D eigenvalue weighted by molar-refractivity contribution is -0.102. The molecule has 6 heteroatoms. The summed E-state index contributed by atoms with van der Waals surface area (Å²) in [4.78, 5) is 22.5. The average Bonchev–Trinajstić information content (AvgIpc) is 2.84. The Hall–Kier alpha value is -2.54. The van der Waals surface area contributed by atoms with E-state index in [2.05, 4.69) is 24.3 Å². The van der Waals surface area contributed by atoms with E-state index in [-0.39, 0.29) is 12.9 Å². The SMILES string of the molecule is COCCOCOC(CCCCc1ccccc1)CCCOc1c(C=O)cccc1C=O. The molecular formula is C26H34O6. The summed E-state index contributed by atoms with van der Waals surface area (Å²) in [6, 6.07) is 15.4. The summed E-state index contributed by atoms with van der Waals surface area (Å²) in [5.74, 6) is 0.348. The molecule has 0 spiro atoms. The molecule has 0 aromatic heterocycles. The van der Waals surface area contributed by atoms with Crippen molar-refractivity contribution < 1.29 is 28.5 Å². The summed E-state index contributed by atoms with van der Waals surface area (Å²) in [6.07, 6.45) is 7.16. The van der Waals surface area contributed by atoms with Gasteiger partial charge in [-0.1, -0.05) is 42.8 Å². The summed E-state index contributed by atoms with van der Waals surface area (Å²) in [5.41, 5.74) is 2.12. The highest BCUT2D eigenvalue weighted by molar-refractivity contribution is 5.88. The molecule has 2 aromatic rings. The van der Waals surface area contributed by atoms with Gasteiger partial charge in [0.05, 0.1) is 37.1 Å². The predicted molar refractivity (Wildman–Crippen MR) is 124 cm³/mol. The van der Waals surface area contributed by atoms with E-state index >= 15 is 0 Å². The van der Waals surface area contributed by atoms with Gasteiger partial charge in [0.1, 0.15) is 12.5 Å². The smallest absolute Gasteiger partial charge is 0.153 e. The molecule has 0 fully saturated rings. The van der Waals surface area contributed by atoms with Gasteiger partial charge in [0.15, 0.2) is 12.6 Å². The van der Waals surface area contributed by atoms with Crippen molar-refractivity contribution in [2.45, 2.75) is 44.6 Å². The van der Waals surface area contributed by atoms with Gasteiger partial charge >= 0.3 is 0 Å². The van der Waals surface area contributed by atoms with E-state index in [1.807, 2.05) is 6.07 Å². The maximum Gasteiger partial charge on any atom is 0.153 e. The molecule has 0 amide bonds. The van der Waals surface area contributed by atoms with Gasteiger partial charge in [0, 0.05) is 7.11 Å². The Balaban J connectivity index is 1.77. The van der Waals surface area contributed by atoms with Crippen molar-refractivity contribution in [2.75, 3.05) is 33.7 Å². The zero-order valence-corrected chi connectivity index (χ0v) is 18.9. The standard InChI is InChI=1S/C26H34O6/c1-29-17-18-30-21-32-25(14-6-5-11-22-9-3-2-4-10-22)15-8-16-31-26-23(19-27)12-7-13-24(26)20-28/h2-4,7,9-10,12-13,19-20,25H,5-6,8,11,14-18,21H2,1H3. The molecule has 1 atom stereocenters. The Morgan fingerprint density at radius 1 is 0.812 bits per heavy atom. The van der Waals surface area contributed by atoms with Crippen molar-refractivity contribution in [1.82, 2.24) is 0 Å². The molecule has 2 aromatic carbocycles. The lowest BCUT2D eigenvalue weighted by Gasteiger charge is -2.18. The molecule has 0 saturated heterocycles. The monoisotopic (exact) mass is 442 g/mol. The molecule has 6 nitrogen and oxygen atoms in total. The lowest BCUT2D eigenvalue weighted by Crippen LogP contribution is -2.18. The number of carbonyl (C=O) groups is 2. The van der Waals surface area contributed by atoms with Crippen molar-refractivity contribution in [2.24, 2.45) is 0 Å². The van der Waals surface area contributed by atoms with Crippen molar-refractivity contribution in [3.63, 3.8) is 0 Å². The highest BCUT2D eigenvalue weighted by atomic mass is 16.7. The Bertz CT molecular complexity index is 751. The Morgan fingerprint density at radius 3 is 2.22 bits per heavy atom. The lowest BCUT2D eigenvalue weighted by atomic mass is 10.0. The normalized spacial score (nSPS) is 11.8. The fraction of sp³-hybridized carbons (Fsp3) is 0.462. The van der Waals surface area contributed by atoms with Crippen LogP contribution in [-0.2, 0) is 20.6 Å². The topological polar surface area (TPSA) is 71.1 Å². The van der Waals surface area contributed by atoms with Gasteiger partial charge in [-0.25, -0.2) is 0 Å². The second-order valence-electron chi connectivity index (χ2n) is 7.53. The van der Waals surface area contributed by atoms with E-state index in [4.69, 9.17) is 18.9 Å². The second kappa shape index (κ2) is 16.1. The third-order valence-corrected chi connectivity index (χ3v) is 5.15. The molecule has 0 N–H and O–H groups in total. The fourth-order valence-electron chi connectivity index (χ4n) is 3.41. The van der Waals surface area contributed by atoms with Gasteiger partial charge in [0.2, 0.25) is 0 Å². The van der Waals surface area contributed by atoms with Crippen LogP contribution in [0.5, 0.6) is 5.75 Å². The average molecular weight is 443 g/mol. The molecule has 0 heterocycles. The zero-order chi connectivity index (χ0) is 22.9. The maximum atomic E-state index is 11.2. The van der Waals surface area contributed by atoms with E-state index in [9.17, 15) is 9.59 Å². The molecule has 0 bridgehead atoms. The molecular weight excluding hydrogens is 408 g/mol. The number of methoxy groups -OCH3 is 1. The molecule has 1 unspecified atom stereocenters. The van der Waals surface area contributed by atoms with Crippen LogP contribution in [0.3, 0.4) is 0 Å². The maximum absolute atomic E-state index is 11.2. The number of hydrogen-bond donors (Lipinski definition) is 0. The Labute approximate surface area is 190 Å². The fourth-order valence-corrected chi connectivity index (χ4v) is 3.41. The number of carbonyl (C=O) groups excluding carboxylic acids is 2. The molecule has 0 saturated carbocycles. The molecule has 32 heavy (non-hydrogen) atoms. The summed E-state index contributed by atoms with van der Waals surface area (Å²) < 4.78 is 22.2. The van der Waals surface area contributed by atoms with Crippen LogP contribution in [0.25, 0.3) is 0 Å². The second-order valence-corrected chi connectivity index (χ2v) is 7.53. The number of ether oxygens (including phenoxy) is 4. The highest BCUT2D eigenvalue weighted by Crippen LogP contribution is 2.22. The van der Waals surface area contributed by atoms with E-state index in [0.717, 1.165) is 38.5 Å². The van der Waals surface area contributed by atoms with Crippen molar-refractivity contribution in [3.05, 3.63) is 65.2 Å². The van der Waals surface area contributed by atoms with Crippen molar-refractivity contribution in [1.29, 1.82) is 0 Å². The number of para-hydroxylation sites is 1.